The molecule has 0 bridgehead atoms. The number of nitrogens with zero attached hydrogens (tertiary/aromatic N) is 1. The van der Waals surface area contributed by atoms with Crippen LogP contribution in [-0.4, -0.2) is 36.5 Å². The zero-order valence-corrected chi connectivity index (χ0v) is 21.6. The number of likely N-dealkylation sites (tertiary alicyclic amines) is 1. The van der Waals surface area contributed by atoms with E-state index in [9.17, 15) is 14.0 Å². The molecule has 0 saturated carbocycles. The number of piperidine rings is 1. The smallest absolute Gasteiger partial charge is 0.408 e. The van der Waals surface area contributed by atoms with Crippen LogP contribution in [0.2, 0.25) is 0 Å². The van der Waals surface area contributed by atoms with Gasteiger partial charge in [-0.05, 0) is 61.1 Å². The molecular weight excluding hydrogens is 467 g/mol. The Morgan fingerprint density at radius 1 is 0.946 bits per heavy atom. The number of alkyl carbamates (subject to hydrolysis) is 1. The van der Waals surface area contributed by atoms with Crippen LogP contribution in [-0.2, 0) is 28.0 Å². The Bertz CT molecular complexity index is 1200. The summed E-state index contributed by atoms with van der Waals surface area (Å²) in [6.07, 6.45) is 2.29. The minimum atomic E-state index is -0.779. The van der Waals surface area contributed by atoms with E-state index in [-0.39, 0.29) is 11.7 Å². The van der Waals surface area contributed by atoms with E-state index in [0.717, 1.165) is 17.5 Å². The van der Waals surface area contributed by atoms with Gasteiger partial charge in [-0.15, -0.1) is 0 Å². The SMILES string of the molecule is Cc1ccc(CCNC(=O)OC2(c3ccccc3)CCN(C(=O)CCc3ccc(F)cc3)CC2)c(C)c1. The Kier molecular flexibility index (Phi) is 8.59. The molecule has 4 rings (SSSR count). The molecule has 1 heterocycles. The number of rotatable bonds is 8. The van der Waals surface area contributed by atoms with E-state index in [0.29, 0.717) is 45.3 Å². The second-order valence-electron chi connectivity index (χ2n) is 9.86. The summed E-state index contributed by atoms with van der Waals surface area (Å²) in [5.41, 5.74) is 4.74. The van der Waals surface area contributed by atoms with Gasteiger partial charge in [-0.25, -0.2) is 9.18 Å². The summed E-state index contributed by atoms with van der Waals surface area (Å²) >= 11 is 0. The Morgan fingerprint density at radius 3 is 2.32 bits per heavy atom. The Labute approximate surface area is 218 Å². The van der Waals surface area contributed by atoms with Gasteiger partial charge in [0.2, 0.25) is 5.91 Å². The van der Waals surface area contributed by atoms with Crippen molar-refractivity contribution in [1.29, 1.82) is 0 Å². The fourth-order valence-corrected chi connectivity index (χ4v) is 5.01. The standard InChI is InChI=1S/C31H35FN2O3/c1-23-8-12-26(24(2)22-23)16-19-33-30(36)37-31(27-6-4-3-5-7-27)17-20-34(21-18-31)29(35)15-11-25-9-13-28(32)14-10-25/h3-10,12-14,22H,11,15-21H2,1-2H3,(H,33,36). The van der Waals surface area contributed by atoms with Gasteiger partial charge in [0, 0.05) is 38.9 Å². The van der Waals surface area contributed by atoms with Crippen LogP contribution in [0, 0.1) is 19.7 Å². The summed E-state index contributed by atoms with van der Waals surface area (Å²) in [6.45, 7) is 5.65. The van der Waals surface area contributed by atoms with Gasteiger partial charge < -0.3 is 15.0 Å². The summed E-state index contributed by atoms with van der Waals surface area (Å²) in [7, 11) is 0. The van der Waals surface area contributed by atoms with E-state index in [4.69, 9.17) is 4.74 Å². The summed E-state index contributed by atoms with van der Waals surface area (Å²) < 4.78 is 19.2. The highest BCUT2D eigenvalue weighted by Crippen LogP contribution is 2.37. The molecule has 5 nitrogen and oxygen atoms in total. The zero-order valence-electron chi connectivity index (χ0n) is 21.6. The van der Waals surface area contributed by atoms with Gasteiger partial charge in [0.15, 0.2) is 0 Å². The molecule has 0 radical (unpaired) electrons. The number of benzene rings is 3. The van der Waals surface area contributed by atoms with Gasteiger partial charge in [-0.3, -0.25) is 4.79 Å². The van der Waals surface area contributed by atoms with Crippen LogP contribution < -0.4 is 5.32 Å². The van der Waals surface area contributed by atoms with Gasteiger partial charge in [0.25, 0.3) is 0 Å². The Morgan fingerprint density at radius 2 is 1.65 bits per heavy atom. The lowest BCUT2D eigenvalue weighted by molar-refractivity contribution is -0.135. The summed E-state index contributed by atoms with van der Waals surface area (Å²) in [5, 5.41) is 2.92. The molecule has 37 heavy (non-hydrogen) atoms. The first-order valence-corrected chi connectivity index (χ1v) is 13.0. The highest BCUT2D eigenvalue weighted by atomic mass is 19.1. The van der Waals surface area contributed by atoms with Gasteiger partial charge in [-0.2, -0.15) is 0 Å². The predicted octanol–water partition coefficient (Wildman–Crippen LogP) is 5.86. The quantitative estimate of drug-likeness (QED) is 0.420. The molecule has 1 aliphatic heterocycles. The molecule has 1 N–H and O–H groups in total. The van der Waals surface area contributed by atoms with Gasteiger partial charge in [0.1, 0.15) is 11.4 Å². The maximum atomic E-state index is 13.1. The minimum Gasteiger partial charge on any atom is -0.438 e. The Hall–Kier alpha value is -3.67. The van der Waals surface area contributed by atoms with Gasteiger partial charge in [-0.1, -0.05) is 66.2 Å². The number of hydrogen-bond donors (Lipinski definition) is 1. The number of amides is 2. The van der Waals surface area contributed by atoms with Gasteiger partial charge >= 0.3 is 6.09 Å². The molecule has 0 unspecified atom stereocenters. The van der Waals surface area contributed by atoms with Gasteiger partial charge in [0.05, 0.1) is 0 Å². The molecule has 6 heteroatoms. The molecule has 0 aromatic heterocycles. The van der Waals surface area contributed by atoms with E-state index < -0.39 is 11.7 Å². The van der Waals surface area contributed by atoms with Crippen molar-refractivity contribution in [2.75, 3.05) is 19.6 Å². The summed E-state index contributed by atoms with van der Waals surface area (Å²) in [4.78, 5) is 27.6. The molecule has 194 valence electrons. The van der Waals surface area contributed by atoms with Crippen LogP contribution in [0.5, 0.6) is 0 Å². The van der Waals surface area contributed by atoms with E-state index in [1.165, 1.54) is 28.8 Å². The zero-order chi connectivity index (χ0) is 26.3. The summed E-state index contributed by atoms with van der Waals surface area (Å²) in [6, 6.07) is 22.4. The predicted molar refractivity (Wildman–Crippen MR) is 143 cm³/mol. The molecule has 3 aromatic carbocycles. The number of ether oxygens (including phenoxy) is 1. The number of carbonyl (C=O) groups excluding carboxylic acids is 2. The van der Waals surface area contributed by atoms with Crippen molar-refractivity contribution >= 4 is 12.0 Å². The molecule has 1 fully saturated rings. The lowest BCUT2D eigenvalue weighted by Gasteiger charge is -2.41. The maximum absolute atomic E-state index is 13.1. The van der Waals surface area contributed by atoms with Crippen molar-refractivity contribution in [3.63, 3.8) is 0 Å². The lowest BCUT2D eigenvalue weighted by atomic mass is 9.84. The fourth-order valence-electron chi connectivity index (χ4n) is 5.01. The monoisotopic (exact) mass is 502 g/mol. The van der Waals surface area contributed by atoms with Crippen LogP contribution in [0.1, 0.15) is 47.1 Å². The normalized spacial score (nSPS) is 14.7. The van der Waals surface area contributed by atoms with E-state index >= 15 is 0 Å². The van der Waals surface area contributed by atoms with Crippen molar-refractivity contribution in [3.8, 4) is 0 Å². The average molecular weight is 503 g/mol. The number of carbonyl (C=O) groups is 2. The third kappa shape index (κ3) is 6.97. The third-order valence-electron chi connectivity index (χ3n) is 7.21. The minimum absolute atomic E-state index is 0.0592. The maximum Gasteiger partial charge on any atom is 0.408 e. The number of aryl methyl sites for hydroxylation is 3. The van der Waals surface area contributed by atoms with Crippen molar-refractivity contribution in [2.24, 2.45) is 0 Å². The first-order valence-electron chi connectivity index (χ1n) is 13.0. The second kappa shape index (κ2) is 12.0. The molecular formula is C31H35FN2O3. The number of hydrogen-bond acceptors (Lipinski definition) is 3. The number of nitrogens with one attached hydrogen (secondary N) is 1. The van der Waals surface area contributed by atoms with Crippen LogP contribution in [0.4, 0.5) is 9.18 Å². The molecule has 0 aliphatic carbocycles. The molecule has 3 aromatic rings. The van der Waals surface area contributed by atoms with Crippen molar-refractivity contribution < 1.29 is 18.7 Å². The highest BCUT2D eigenvalue weighted by Gasteiger charge is 2.40. The van der Waals surface area contributed by atoms with Crippen LogP contribution in [0.25, 0.3) is 0 Å². The third-order valence-corrected chi connectivity index (χ3v) is 7.21. The molecule has 1 saturated heterocycles. The molecule has 0 atom stereocenters. The van der Waals surface area contributed by atoms with Crippen LogP contribution >= 0.6 is 0 Å². The fraction of sp³-hybridized carbons (Fsp3) is 0.355. The summed E-state index contributed by atoms with van der Waals surface area (Å²) in [5.74, 6) is -0.221. The van der Waals surface area contributed by atoms with E-state index in [2.05, 4.69) is 37.4 Å². The first-order chi connectivity index (χ1) is 17.8. The molecule has 0 spiro atoms. The van der Waals surface area contributed by atoms with Crippen molar-refractivity contribution in [3.05, 3.63) is 106 Å². The van der Waals surface area contributed by atoms with Crippen LogP contribution in [0.15, 0.2) is 72.8 Å². The largest absolute Gasteiger partial charge is 0.438 e. The Balaban J connectivity index is 1.34. The average Bonchev–Trinajstić information content (AvgIpc) is 2.90. The lowest BCUT2D eigenvalue weighted by Crippen LogP contribution is -2.48. The van der Waals surface area contributed by atoms with E-state index in [1.807, 2.05) is 35.2 Å². The van der Waals surface area contributed by atoms with Crippen molar-refractivity contribution in [1.82, 2.24) is 10.2 Å². The molecule has 1 aliphatic rings. The van der Waals surface area contributed by atoms with Crippen molar-refractivity contribution in [2.45, 2.75) is 51.6 Å². The number of halogens is 1. The second-order valence-corrected chi connectivity index (χ2v) is 9.86. The van der Waals surface area contributed by atoms with E-state index in [1.54, 1.807) is 12.1 Å². The first kappa shape index (κ1) is 26.4. The topological polar surface area (TPSA) is 58.6 Å². The molecule has 2 amide bonds. The highest BCUT2D eigenvalue weighted by molar-refractivity contribution is 5.76. The van der Waals surface area contributed by atoms with Crippen LogP contribution in [0.3, 0.4) is 0 Å².